The molecule has 3 rings (SSSR count). The van der Waals surface area contributed by atoms with Gasteiger partial charge < -0.3 is 5.11 Å². The van der Waals surface area contributed by atoms with Crippen molar-refractivity contribution in [2.75, 3.05) is 13.2 Å². The molecule has 0 unspecified atom stereocenters. The molecule has 1 amide bonds. The lowest BCUT2D eigenvalue weighted by Crippen LogP contribution is -2.30. The first-order chi connectivity index (χ1) is 8.63. The molecule has 0 spiro atoms. The number of β-amino-alcohol motifs (C(OH)–C–C–N with tert-alkyl or cyclic N) is 1. The number of aliphatic hydroxyl groups is 1. The Labute approximate surface area is 107 Å². The number of aliphatic hydroxyl groups excluding tert-OH is 1. The lowest BCUT2D eigenvalue weighted by Gasteiger charge is -2.12. The van der Waals surface area contributed by atoms with Crippen LogP contribution in [0.2, 0.25) is 0 Å². The van der Waals surface area contributed by atoms with Gasteiger partial charge in [-0.05, 0) is 6.92 Å². The highest BCUT2D eigenvalue weighted by Crippen LogP contribution is 2.18. The minimum Gasteiger partial charge on any atom is -0.389 e. The van der Waals surface area contributed by atoms with Crippen molar-refractivity contribution in [2.24, 2.45) is 0 Å². The number of hydrogen-bond donors (Lipinski definition) is 1. The second-order valence-electron chi connectivity index (χ2n) is 4.34. The van der Waals surface area contributed by atoms with Crippen molar-refractivity contribution in [3.63, 3.8) is 0 Å². The topological polar surface area (TPSA) is 67.1 Å². The molecule has 18 heavy (non-hydrogen) atoms. The van der Waals surface area contributed by atoms with E-state index in [1.54, 1.807) is 0 Å². The van der Waals surface area contributed by atoms with E-state index in [0.717, 1.165) is 16.3 Å². The first-order valence-corrected chi connectivity index (χ1v) is 6.55. The molecule has 0 radical (unpaired) electrons. The summed E-state index contributed by atoms with van der Waals surface area (Å²) in [6, 6.07) is 0. The highest BCUT2D eigenvalue weighted by molar-refractivity contribution is 7.15. The van der Waals surface area contributed by atoms with Crippen LogP contribution < -0.4 is 0 Å². The fraction of sp³-hybridized carbons (Fsp3) is 0.455. The molecule has 6 nitrogen and oxygen atoms in total. The predicted molar refractivity (Wildman–Crippen MR) is 65.2 cm³/mol. The van der Waals surface area contributed by atoms with Crippen LogP contribution in [0, 0.1) is 6.92 Å². The van der Waals surface area contributed by atoms with Crippen LogP contribution in [0.25, 0.3) is 4.96 Å². The van der Waals surface area contributed by atoms with Gasteiger partial charge in [0.1, 0.15) is 6.61 Å². The number of hydrogen-bond acceptors (Lipinski definition) is 5. The van der Waals surface area contributed by atoms with Crippen LogP contribution in [-0.2, 0) is 16.1 Å². The van der Waals surface area contributed by atoms with E-state index in [0.29, 0.717) is 0 Å². The Bertz CT molecular complexity index is 591. The highest BCUT2D eigenvalue weighted by atomic mass is 32.1. The van der Waals surface area contributed by atoms with Gasteiger partial charge in [-0.3, -0.25) is 14.0 Å². The van der Waals surface area contributed by atoms with Crippen molar-refractivity contribution < 1.29 is 14.7 Å². The van der Waals surface area contributed by atoms with E-state index in [9.17, 15) is 9.90 Å². The molecule has 7 heteroatoms. The Morgan fingerprint density at radius 2 is 2.56 bits per heavy atom. The standard InChI is InChI=1S/C11H13N3O3S/c1-7-3-13-8(6-18-11(13)12-7)2-10(16)14-4-9(15)5-17-14/h3,6,9,15H,2,4-5H2,1H3/t9-/m0/s1. The largest absolute Gasteiger partial charge is 0.389 e. The van der Waals surface area contributed by atoms with E-state index < -0.39 is 6.10 Å². The summed E-state index contributed by atoms with van der Waals surface area (Å²) >= 11 is 1.51. The van der Waals surface area contributed by atoms with E-state index in [1.165, 1.54) is 16.4 Å². The van der Waals surface area contributed by atoms with Crippen LogP contribution in [0.3, 0.4) is 0 Å². The van der Waals surface area contributed by atoms with Gasteiger partial charge in [0.2, 0.25) is 0 Å². The van der Waals surface area contributed by atoms with Gasteiger partial charge in [0.15, 0.2) is 4.96 Å². The second kappa shape index (κ2) is 4.34. The summed E-state index contributed by atoms with van der Waals surface area (Å²) in [5, 5.41) is 12.5. The number of rotatable bonds is 2. The van der Waals surface area contributed by atoms with E-state index in [1.807, 2.05) is 22.9 Å². The molecule has 1 aliphatic rings. The zero-order valence-electron chi connectivity index (χ0n) is 9.87. The summed E-state index contributed by atoms with van der Waals surface area (Å²) in [6.45, 7) is 2.36. The van der Waals surface area contributed by atoms with E-state index in [2.05, 4.69) is 4.98 Å². The molecule has 0 aliphatic carbocycles. The zero-order chi connectivity index (χ0) is 12.7. The van der Waals surface area contributed by atoms with Crippen LogP contribution in [0.1, 0.15) is 11.4 Å². The summed E-state index contributed by atoms with van der Waals surface area (Å²) in [7, 11) is 0. The predicted octanol–water partition coefficient (Wildman–Crippen LogP) is 0.381. The molecule has 3 heterocycles. The first-order valence-electron chi connectivity index (χ1n) is 5.67. The molecule has 1 aliphatic heterocycles. The molecule has 1 saturated heterocycles. The summed E-state index contributed by atoms with van der Waals surface area (Å²) in [4.78, 5) is 22.3. The van der Waals surface area contributed by atoms with Crippen molar-refractivity contribution in [3.8, 4) is 0 Å². The number of aryl methyl sites for hydroxylation is 1. The van der Waals surface area contributed by atoms with Gasteiger partial charge in [0, 0.05) is 17.3 Å². The third kappa shape index (κ3) is 2.00. The number of thiazole rings is 1. The summed E-state index contributed by atoms with van der Waals surface area (Å²) in [6.07, 6.45) is 1.59. The molecule has 2 aromatic rings. The average Bonchev–Trinajstić information content (AvgIpc) is 2.97. The Balaban J connectivity index is 1.77. The van der Waals surface area contributed by atoms with Crippen molar-refractivity contribution >= 4 is 22.2 Å². The molecule has 1 fully saturated rings. The summed E-state index contributed by atoms with van der Waals surface area (Å²) < 4.78 is 1.92. The Morgan fingerprint density at radius 3 is 3.28 bits per heavy atom. The van der Waals surface area contributed by atoms with Crippen LogP contribution in [0.5, 0.6) is 0 Å². The Morgan fingerprint density at radius 1 is 1.72 bits per heavy atom. The maximum absolute atomic E-state index is 12.0. The maximum atomic E-state index is 12.0. The monoisotopic (exact) mass is 267 g/mol. The van der Waals surface area contributed by atoms with Crippen LogP contribution >= 0.6 is 11.3 Å². The molecule has 1 N–H and O–H groups in total. The van der Waals surface area contributed by atoms with Crippen molar-refractivity contribution in [1.82, 2.24) is 14.4 Å². The number of hydroxylamine groups is 2. The third-order valence-electron chi connectivity index (χ3n) is 2.81. The van der Waals surface area contributed by atoms with Crippen LogP contribution in [0.15, 0.2) is 11.6 Å². The van der Waals surface area contributed by atoms with Gasteiger partial charge in [-0.1, -0.05) is 0 Å². The molecule has 0 bridgehead atoms. The highest BCUT2D eigenvalue weighted by Gasteiger charge is 2.26. The molecule has 1 atom stereocenters. The normalized spacial score (nSPS) is 19.9. The van der Waals surface area contributed by atoms with E-state index in [-0.39, 0.29) is 25.5 Å². The van der Waals surface area contributed by atoms with Gasteiger partial charge in [-0.25, -0.2) is 10.0 Å². The second-order valence-corrected chi connectivity index (χ2v) is 5.18. The van der Waals surface area contributed by atoms with Gasteiger partial charge in [0.05, 0.1) is 24.8 Å². The average molecular weight is 267 g/mol. The number of imidazole rings is 1. The fourth-order valence-electron chi connectivity index (χ4n) is 1.96. The number of aromatic nitrogens is 2. The number of carbonyl (C=O) groups excluding carboxylic acids is 1. The van der Waals surface area contributed by atoms with Gasteiger partial charge in [0.25, 0.3) is 5.91 Å². The Hall–Kier alpha value is -1.44. The molecular formula is C11H13N3O3S. The number of nitrogens with zero attached hydrogens (tertiary/aromatic N) is 3. The number of fused-ring (bicyclic) bond motifs is 1. The van der Waals surface area contributed by atoms with Crippen molar-refractivity contribution in [2.45, 2.75) is 19.4 Å². The van der Waals surface area contributed by atoms with Gasteiger partial charge in [-0.15, -0.1) is 11.3 Å². The minimum atomic E-state index is -0.577. The Kier molecular flexibility index (Phi) is 2.81. The molecule has 0 saturated carbocycles. The first kappa shape index (κ1) is 11.6. The number of carbonyl (C=O) groups is 1. The smallest absolute Gasteiger partial charge is 0.252 e. The van der Waals surface area contributed by atoms with Crippen LogP contribution in [-0.4, -0.2) is 44.7 Å². The minimum absolute atomic E-state index is 0.141. The maximum Gasteiger partial charge on any atom is 0.252 e. The van der Waals surface area contributed by atoms with Gasteiger partial charge >= 0.3 is 0 Å². The number of amides is 1. The summed E-state index contributed by atoms with van der Waals surface area (Å²) in [5.74, 6) is -0.141. The molecule has 0 aromatic carbocycles. The lowest BCUT2D eigenvalue weighted by atomic mass is 10.3. The quantitative estimate of drug-likeness (QED) is 0.854. The van der Waals surface area contributed by atoms with Crippen molar-refractivity contribution in [1.29, 1.82) is 0 Å². The molecule has 96 valence electrons. The molecular weight excluding hydrogens is 254 g/mol. The SMILES string of the molecule is Cc1cn2c(CC(=O)N3C[C@H](O)CO3)csc2n1. The molecule has 2 aromatic heterocycles. The van der Waals surface area contributed by atoms with E-state index >= 15 is 0 Å². The van der Waals surface area contributed by atoms with Crippen LogP contribution in [0.4, 0.5) is 0 Å². The van der Waals surface area contributed by atoms with Crippen molar-refractivity contribution in [3.05, 3.63) is 23.0 Å². The van der Waals surface area contributed by atoms with E-state index in [4.69, 9.17) is 4.84 Å². The fourth-order valence-corrected chi connectivity index (χ4v) is 2.88. The van der Waals surface area contributed by atoms with Gasteiger partial charge in [-0.2, -0.15) is 0 Å². The summed E-state index contributed by atoms with van der Waals surface area (Å²) in [5.41, 5.74) is 1.83. The lowest BCUT2D eigenvalue weighted by molar-refractivity contribution is -0.168. The third-order valence-corrected chi connectivity index (χ3v) is 3.70. The zero-order valence-corrected chi connectivity index (χ0v) is 10.7.